The molecule has 0 amide bonds. The van der Waals surface area contributed by atoms with Gasteiger partial charge in [-0.1, -0.05) is 11.3 Å². The highest BCUT2D eigenvalue weighted by Crippen LogP contribution is 2.37. The largest absolute Gasteiger partial charge is 0.361 e. The molecule has 0 saturated carbocycles. The summed E-state index contributed by atoms with van der Waals surface area (Å²) in [5, 5.41) is 19.6. The van der Waals surface area contributed by atoms with Crippen LogP contribution < -0.4 is 11.3 Å². The Labute approximate surface area is 123 Å². The van der Waals surface area contributed by atoms with Crippen molar-refractivity contribution < 1.29 is 18.1 Å². The number of nitro groups is 1. The number of hydrogen-bond acceptors (Lipinski definition) is 9. The lowest BCUT2D eigenvalue weighted by Gasteiger charge is -2.28. The average Bonchev–Trinajstić information content (AvgIpc) is 2.92. The Morgan fingerprint density at radius 3 is 2.90 bits per heavy atom. The minimum Gasteiger partial charge on any atom is -0.361 e. The van der Waals surface area contributed by atoms with E-state index in [1.165, 1.54) is 0 Å². The third-order valence-electron chi connectivity index (χ3n) is 2.78. The lowest BCUT2D eigenvalue weighted by molar-refractivity contribution is -0.383. The second-order valence-electron chi connectivity index (χ2n) is 4.03. The highest BCUT2D eigenvalue weighted by molar-refractivity contribution is 7.91. The Bertz CT molecular complexity index is 694. The molecule has 3 N–H and O–H groups in total. The van der Waals surface area contributed by atoms with Crippen molar-refractivity contribution in [2.45, 2.75) is 10.3 Å². The van der Waals surface area contributed by atoms with Gasteiger partial charge in [0.2, 0.25) is 0 Å². The molecular weight excluding hydrogens is 322 g/mol. The minimum absolute atomic E-state index is 0.0522. The first-order valence-corrected chi connectivity index (χ1v) is 7.92. The summed E-state index contributed by atoms with van der Waals surface area (Å²) in [6, 6.07) is 2.79. The summed E-state index contributed by atoms with van der Waals surface area (Å²) in [6.07, 6.45) is -0.851. The first kappa shape index (κ1) is 15.6. The maximum Gasteiger partial charge on any atom is 0.306 e. The quantitative estimate of drug-likeness (QED) is 0.438. The number of nitrogens with one attached hydrogen (secondary N) is 1. The van der Waals surface area contributed by atoms with Crippen molar-refractivity contribution in [1.82, 2.24) is 4.31 Å². The van der Waals surface area contributed by atoms with Crippen molar-refractivity contribution in [3.63, 3.8) is 0 Å². The molecule has 1 atom stereocenters. The Balaban J connectivity index is 2.36. The summed E-state index contributed by atoms with van der Waals surface area (Å²) < 4.78 is 30.8. The van der Waals surface area contributed by atoms with Gasteiger partial charge in [-0.2, -0.15) is 9.57 Å². The normalized spacial score (nSPS) is 19.9. The second-order valence-corrected chi connectivity index (χ2v) is 7.25. The molecule has 1 aliphatic rings. The second kappa shape index (κ2) is 5.92. The summed E-state index contributed by atoms with van der Waals surface area (Å²) >= 11 is 0.666. The van der Waals surface area contributed by atoms with Gasteiger partial charge < -0.3 is 10.2 Å². The van der Waals surface area contributed by atoms with Crippen LogP contribution in [0.15, 0.2) is 10.3 Å². The average molecular weight is 333 g/mol. The van der Waals surface area contributed by atoms with E-state index >= 15 is 0 Å². The van der Waals surface area contributed by atoms with Crippen LogP contribution in [0.1, 0.15) is 0 Å². The molecule has 0 radical (unpaired) electrons. The Kier molecular flexibility index (Phi) is 4.40. The Morgan fingerprint density at radius 1 is 1.67 bits per heavy atom. The number of nitriles is 1. The lowest BCUT2D eigenvalue weighted by Crippen LogP contribution is -2.44. The van der Waals surface area contributed by atoms with Crippen LogP contribution in [0.4, 0.5) is 10.7 Å². The topological polar surface area (TPSA) is 152 Å². The molecule has 1 aromatic rings. The number of rotatable bonds is 4. The van der Waals surface area contributed by atoms with Crippen molar-refractivity contribution in [3.05, 3.63) is 16.2 Å². The van der Waals surface area contributed by atoms with Crippen LogP contribution in [0, 0.1) is 21.4 Å². The molecule has 1 aliphatic heterocycles. The maximum absolute atomic E-state index is 12.4. The molecule has 0 bridgehead atoms. The smallest absolute Gasteiger partial charge is 0.306 e. The minimum atomic E-state index is -3.93. The number of morpholine rings is 1. The number of nitrogens with two attached hydrogens (primary N) is 1. The molecule has 21 heavy (non-hydrogen) atoms. The number of hydrogen-bond donors (Lipinski definition) is 2. The zero-order chi connectivity index (χ0) is 15.6. The van der Waals surface area contributed by atoms with Crippen molar-refractivity contribution >= 4 is 32.0 Å². The SMILES string of the molecule is N#CC1CN(S(=O)(=O)c2cc([N+](=O)[O-])c(NN)s2)CCO1. The Hall–Kier alpha value is -1.78. The van der Waals surface area contributed by atoms with E-state index in [4.69, 9.17) is 15.8 Å². The fraction of sp³-hybridized carbons (Fsp3) is 0.444. The molecule has 1 saturated heterocycles. The molecule has 1 aromatic heterocycles. The van der Waals surface area contributed by atoms with Gasteiger partial charge in [0.05, 0.1) is 24.1 Å². The van der Waals surface area contributed by atoms with Gasteiger partial charge in [-0.15, -0.1) is 0 Å². The molecule has 0 spiro atoms. The van der Waals surface area contributed by atoms with E-state index in [1.54, 1.807) is 0 Å². The van der Waals surface area contributed by atoms with Crippen LogP contribution in [-0.2, 0) is 14.8 Å². The van der Waals surface area contributed by atoms with Crippen molar-refractivity contribution in [2.24, 2.45) is 5.84 Å². The van der Waals surface area contributed by atoms with E-state index in [2.05, 4.69) is 5.43 Å². The molecule has 1 fully saturated rings. The van der Waals surface area contributed by atoms with Gasteiger partial charge in [0, 0.05) is 12.6 Å². The summed E-state index contributed by atoms with van der Waals surface area (Å²) in [5.74, 6) is 5.15. The van der Waals surface area contributed by atoms with E-state index < -0.39 is 26.7 Å². The number of nitrogen functional groups attached to an aromatic ring is 1. The highest BCUT2D eigenvalue weighted by Gasteiger charge is 2.34. The summed E-state index contributed by atoms with van der Waals surface area (Å²) in [4.78, 5) is 10.1. The predicted octanol–water partition coefficient (Wildman–Crippen LogP) is -0.145. The molecule has 2 rings (SSSR count). The number of anilines is 1. The maximum atomic E-state index is 12.4. The van der Waals surface area contributed by atoms with Crippen LogP contribution in [0.5, 0.6) is 0 Å². The number of ether oxygens (including phenoxy) is 1. The van der Waals surface area contributed by atoms with Gasteiger partial charge >= 0.3 is 5.69 Å². The fourth-order valence-electron chi connectivity index (χ4n) is 1.78. The first-order chi connectivity index (χ1) is 9.90. The van der Waals surface area contributed by atoms with Crippen molar-refractivity contribution in [1.29, 1.82) is 5.26 Å². The van der Waals surface area contributed by atoms with Crippen LogP contribution >= 0.6 is 11.3 Å². The molecule has 114 valence electrons. The van der Waals surface area contributed by atoms with Gasteiger partial charge in [0.15, 0.2) is 11.1 Å². The first-order valence-electron chi connectivity index (χ1n) is 5.66. The van der Waals surface area contributed by atoms with E-state index in [-0.39, 0.29) is 28.9 Å². The van der Waals surface area contributed by atoms with Crippen molar-refractivity contribution in [3.8, 4) is 6.07 Å². The molecule has 2 heterocycles. The van der Waals surface area contributed by atoms with Crippen LogP contribution in [-0.4, -0.2) is 43.4 Å². The van der Waals surface area contributed by atoms with E-state index in [1.807, 2.05) is 6.07 Å². The number of sulfonamides is 1. The molecule has 12 heteroatoms. The molecule has 0 aliphatic carbocycles. The molecule has 0 aromatic carbocycles. The van der Waals surface area contributed by atoms with Gasteiger partial charge in [-0.05, 0) is 0 Å². The number of nitrogens with zero attached hydrogens (tertiary/aromatic N) is 3. The molecular formula is C9H11N5O5S2. The zero-order valence-electron chi connectivity index (χ0n) is 10.6. The summed E-state index contributed by atoms with van der Waals surface area (Å²) in [5.41, 5.74) is 1.70. The zero-order valence-corrected chi connectivity index (χ0v) is 12.2. The lowest BCUT2D eigenvalue weighted by atomic mass is 10.3. The van der Waals surface area contributed by atoms with E-state index in [0.717, 1.165) is 10.4 Å². The van der Waals surface area contributed by atoms with Crippen LogP contribution in [0.25, 0.3) is 0 Å². The van der Waals surface area contributed by atoms with E-state index in [9.17, 15) is 18.5 Å². The highest BCUT2D eigenvalue weighted by atomic mass is 32.2. The van der Waals surface area contributed by atoms with Crippen LogP contribution in [0.3, 0.4) is 0 Å². The monoisotopic (exact) mass is 333 g/mol. The Morgan fingerprint density at radius 2 is 2.38 bits per heavy atom. The van der Waals surface area contributed by atoms with Gasteiger partial charge in [-0.25, -0.2) is 14.3 Å². The van der Waals surface area contributed by atoms with Crippen LogP contribution in [0.2, 0.25) is 0 Å². The number of hydrazine groups is 1. The number of thiophene rings is 1. The van der Waals surface area contributed by atoms with E-state index in [0.29, 0.717) is 11.3 Å². The predicted molar refractivity (Wildman–Crippen MR) is 72.9 cm³/mol. The summed E-state index contributed by atoms with van der Waals surface area (Å²) in [6.45, 7) is 0.0560. The van der Waals surface area contributed by atoms with Gasteiger partial charge in [0.25, 0.3) is 10.0 Å². The molecule has 10 nitrogen and oxygen atoms in total. The standard InChI is InChI=1S/C9H11N5O5S2/c10-4-6-5-13(1-2-19-6)21(17,18)8-3-7(14(15)16)9(12-11)20-8/h3,6,12H,1-2,5,11H2. The fourth-order valence-corrected chi connectivity index (χ4v) is 4.59. The van der Waals surface area contributed by atoms with Gasteiger partial charge in [-0.3, -0.25) is 10.1 Å². The third-order valence-corrected chi connectivity index (χ3v) is 6.15. The third kappa shape index (κ3) is 2.96. The van der Waals surface area contributed by atoms with Gasteiger partial charge in [0.1, 0.15) is 4.21 Å². The summed E-state index contributed by atoms with van der Waals surface area (Å²) in [7, 11) is -3.93. The molecule has 1 unspecified atom stereocenters. The van der Waals surface area contributed by atoms with Crippen molar-refractivity contribution in [2.75, 3.05) is 25.1 Å².